The van der Waals surface area contributed by atoms with Gasteiger partial charge in [0.05, 0.1) is 22.4 Å². The smallest absolute Gasteiger partial charge is 0.331 e. The summed E-state index contributed by atoms with van der Waals surface area (Å²) >= 11 is 1.43. The van der Waals surface area contributed by atoms with Gasteiger partial charge in [-0.1, -0.05) is 29.5 Å². The molecule has 0 saturated heterocycles. The van der Waals surface area contributed by atoms with E-state index in [9.17, 15) is 9.59 Å². The SMILES string of the molecule is Cc1ccc2nc(NC(=O)CN3CC(=O)Oc4ccccc43)sc2c1. The third kappa shape index (κ3) is 3.18. The van der Waals surface area contributed by atoms with Crippen LogP contribution in [-0.4, -0.2) is 29.9 Å². The fourth-order valence-electron chi connectivity index (χ4n) is 2.76. The van der Waals surface area contributed by atoms with Crippen LogP contribution >= 0.6 is 11.3 Å². The molecule has 0 unspecified atom stereocenters. The number of carbonyl (C=O) groups excluding carboxylic acids is 2. The number of benzene rings is 2. The number of carbonyl (C=O) groups is 2. The van der Waals surface area contributed by atoms with Gasteiger partial charge in [0.1, 0.15) is 6.54 Å². The number of para-hydroxylation sites is 2. The van der Waals surface area contributed by atoms with Crippen molar-refractivity contribution in [3.8, 4) is 5.75 Å². The molecule has 1 amide bonds. The first-order valence-electron chi connectivity index (χ1n) is 7.80. The van der Waals surface area contributed by atoms with Crippen molar-refractivity contribution in [1.29, 1.82) is 0 Å². The minimum atomic E-state index is -0.373. The Hall–Kier alpha value is -2.93. The molecule has 0 bridgehead atoms. The highest BCUT2D eigenvalue weighted by Crippen LogP contribution is 2.31. The Morgan fingerprint density at radius 2 is 2.16 bits per heavy atom. The molecule has 1 aliphatic rings. The number of amides is 1. The van der Waals surface area contributed by atoms with Gasteiger partial charge in [-0.2, -0.15) is 0 Å². The summed E-state index contributed by atoms with van der Waals surface area (Å²) < 4.78 is 6.22. The predicted molar refractivity (Wildman–Crippen MR) is 97.3 cm³/mol. The van der Waals surface area contributed by atoms with E-state index in [1.807, 2.05) is 37.3 Å². The molecule has 0 fully saturated rings. The Morgan fingerprint density at radius 1 is 1.32 bits per heavy atom. The topological polar surface area (TPSA) is 71.5 Å². The Kier molecular flexibility index (Phi) is 3.85. The molecule has 3 aromatic rings. The van der Waals surface area contributed by atoms with Crippen LogP contribution in [0.2, 0.25) is 0 Å². The van der Waals surface area contributed by atoms with E-state index >= 15 is 0 Å². The van der Waals surface area contributed by atoms with Gasteiger partial charge in [-0.25, -0.2) is 9.78 Å². The number of ether oxygens (including phenoxy) is 1. The number of aromatic nitrogens is 1. The third-order valence-electron chi connectivity index (χ3n) is 3.87. The monoisotopic (exact) mass is 353 g/mol. The van der Waals surface area contributed by atoms with Gasteiger partial charge in [0.25, 0.3) is 0 Å². The summed E-state index contributed by atoms with van der Waals surface area (Å²) in [5.74, 6) is -0.121. The average Bonchev–Trinajstić information content (AvgIpc) is 2.95. The van der Waals surface area contributed by atoms with Gasteiger partial charge >= 0.3 is 5.97 Å². The number of esters is 1. The minimum Gasteiger partial charge on any atom is -0.423 e. The van der Waals surface area contributed by atoms with E-state index in [1.54, 1.807) is 17.0 Å². The predicted octanol–water partition coefficient (Wildman–Crippen LogP) is 2.97. The molecular weight excluding hydrogens is 338 g/mol. The normalized spacial score (nSPS) is 13.5. The van der Waals surface area contributed by atoms with Crippen LogP contribution < -0.4 is 15.0 Å². The van der Waals surface area contributed by atoms with Crippen molar-refractivity contribution >= 4 is 44.2 Å². The highest BCUT2D eigenvalue weighted by atomic mass is 32.1. The molecule has 2 heterocycles. The van der Waals surface area contributed by atoms with Gasteiger partial charge in [-0.15, -0.1) is 0 Å². The number of aryl methyl sites for hydroxylation is 1. The lowest BCUT2D eigenvalue weighted by molar-refractivity contribution is -0.133. The number of nitrogens with zero attached hydrogens (tertiary/aromatic N) is 2. The number of rotatable bonds is 3. The lowest BCUT2D eigenvalue weighted by Crippen LogP contribution is -2.41. The highest BCUT2D eigenvalue weighted by Gasteiger charge is 2.25. The molecular formula is C18H15N3O3S. The maximum absolute atomic E-state index is 12.4. The summed E-state index contributed by atoms with van der Waals surface area (Å²) in [5.41, 5.74) is 2.74. The molecule has 0 radical (unpaired) electrons. The number of nitrogens with one attached hydrogen (secondary N) is 1. The lowest BCUT2D eigenvalue weighted by atomic mass is 10.2. The van der Waals surface area contributed by atoms with E-state index in [0.717, 1.165) is 21.5 Å². The number of hydrogen-bond donors (Lipinski definition) is 1. The maximum Gasteiger partial charge on any atom is 0.331 e. The van der Waals surface area contributed by atoms with E-state index in [2.05, 4.69) is 10.3 Å². The summed E-state index contributed by atoms with van der Waals surface area (Å²) in [6.07, 6.45) is 0. The van der Waals surface area contributed by atoms with Crippen LogP contribution in [0.4, 0.5) is 10.8 Å². The zero-order valence-corrected chi connectivity index (χ0v) is 14.3. The largest absolute Gasteiger partial charge is 0.423 e. The molecule has 1 N–H and O–H groups in total. The van der Waals surface area contributed by atoms with Crippen molar-refractivity contribution in [3.05, 3.63) is 48.0 Å². The van der Waals surface area contributed by atoms with E-state index < -0.39 is 0 Å². The zero-order valence-electron chi connectivity index (χ0n) is 13.5. The fraction of sp³-hybridized carbons (Fsp3) is 0.167. The van der Waals surface area contributed by atoms with Crippen molar-refractivity contribution in [2.24, 2.45) is 0 Å². The van der Waals surface area contributed by atoms with Crippen LogP contribution in [0.5, 0.6) is 5.75 Å². The van der Waals surface area contributed by atoms with E-state index in [-0.39, 0.29) is 25.0 Å². The molecule has 7 heteroatoms. The quantitative estimate of drug-likeness (QED) is 0.579. The van der Waals surface area contributed by atoms with Crippen molar-refractivity contribution < 1.29 is 14.3 Å². The van der Waals surface area contributed by atoms with Crippen LogP contribution in [0.25, 0.3) is 10.2 Å². The molecule has 0 atom stereocenters. The second kappa shape index (κ2) is 6.18. The van der Waals surface area contributed by atoms with E-state index in [0.29, 0.717) is 10.9 Å². The van der Waals surface area contributed by atoms with Gasteiger partial charge in [-0.05, 0) is 36.8 Å². The van der Waals surface area contributed by atoms with E-state index in [1.165, 1.54) is 11.3 Å². The van der Waals surface area contributed by atoms with Crippen LogP contribution in [0.1, 0.15) is 5.56 Å². The van der Waals surface area contributed by atoms with Crippen molar-refractivity contribution in [2.75, 3.05) is 23.3 Å². The van der Waals surface area contributed by atoms with Gasteiger partial charge in [0.15, 0.2) is 10.9 Å². The minimum absolute atomic E-state index is 0.0451. The first-order chi connectivity index (χ1) is 12.1. The Balaban J connectivity index is 1.51. The third-order valence-corrected chi connectivity index (χ3v) is 4.81. The number of anilines is 2. The molecule has 6 nitrogen and oxygen atoms in total. The van der Waals surface area contributed by atoms with Crippen molar-refractivity contribution in [3.63, 3.8) is 0 Å². The summed E-state index contributed by atoms with van der Waals surface area (Å²) in [6, 6.07) is 13.2. The standard InChI is InChI=1S/C18H15N3O3S/c1-11-6-7-12-15(8-11)25-18(19-12)20-16(22)9-21-10-17(23)24-14-5-3-2-4-13(14)21/h2-8H,9-10H2,1H3,(H,19,20,22). The Labute approximate surface area is 148 Å². The van der Waals surface area contributed by atoms with Crippen LogP contribution in [0.3, 0.4) is 0 Å². The molecule has 2 aromatic carbocycles. The molecule has 4 rings (SSSR count). The average molecular weight is 353 g/mol. The molecule has 0 saturated carbocycles. The van der Waals surface area contributed by atoms with E-state index in [4.69, 9.17) is 4.74 Å². The number of thiazole rings is 1. The lowest BCUT2D eigenvalue weighted by Gasteiger charge is -2.28. The molecule has 25 heavy (non-hydrogen) atoms. The second-order valence-electron chi connectivity index (χ2n) is 5.84. The fourth-order valence-corrected chi connectivity index (χ4v) is 3.74. The second-order valence-corrected chi connectivity index (χ2v) is 6.87. The van der Waals surface area contributed by atoms with Crippen molar-refractivity contribution in [2.45, 2.75) is 6.92 Å². The summed E-state index contributed by atoms with van der Waals surface area (Å²) in [6.45, 7) is 2.12. The molecule has 1 aliphatic heterocycles. The molecule has 0 spiro atoms. The summed E-state index contributed by atoms with van der Waals surface area (Å²) in [7, 11) is 0. The van der Waals surface area contributed by atoms with Gasteiger partial charge < -0.3 is 15.0 Å². The number of fused-ring (bicyclic) bond motifs is 2. The van der Waals surface area contributed by atoms with Crippen LogP contribution in [0, 0.1) is 6.92 Å². The molecule has 1 aromatic heterocycles. The summed E-state index contributed by atoms with van der Waals surface area (Å²) in [4.78, 5) is 30.2. The maximum atomic E-state index is 12.4. The zero-order chi connectivity index (χ0) is 17.4. The van der Waals surface area contributed by atoms with Crippen LogP contribution in [0.15, 0.2) is 42.5 Å². The number of hydrogen-bond acceptors (Lipinski definition) is 6. The first-order valence-corrected chi connectivity index (χ1v) is 8.62. The Morgan fingerprint density at radius 3 is 3.04 bits per heavy atom. The van der Waals surface area contributed by atoms with Gasteiger partial charge in [0.2, 0.25) is 5.91 Å². The Bertz CT molecular complexity index is 983. The van der Waals surface area contributed by atoms with Crippen LogP contribution in [-0.2, 0) is 9.59 Å². The van der Waals surface area contributed by atoms with Crippen molar-refractivity contribution in [1.82, 2.24) is 4.98 Å². The molecule has 0 aliphatic carbocycles. The first kappa shape index (κ1) is 15.6. The highest BCUT2D eigenvalue weighted by molar-refractivity contribution is 7.22. The molecule has 126 valence electrons. The van der Waals surface area contributed by atoms with Gasteiger partial charge in [-0.3, -0.25) is 4.79 Å². The van der Waals surface area contributed by atoms with Gasteiger partial charge in [0, 0.05) is 0 Å². The summed E-state index contributed by atoms with van der Waals surface area (Å²) in [5, 5.41) is 3.37.